The summed E-state index contributed by atoms with van der Waals surface area (Å²) in [6.45, 7) is 2.32. The highest BCUT2D eigenvalue weighted by molar-refractivity contribution is 7.13. The Morgan fingerprint density at radius 1 is 1.24 bits per heavy atom. The summed E-state index contributed by atoms with van der Waals surface area (Å²) in [4.78, 5) is 7.27. The Morgan fingerprint density at radius 3 is 2.90 bits per heavy atom. The van der Waals surface area contributed by atoms with E-state index in [1.807, 2.05) is 6.07 Å². The van der Waals surface area contributed by atoms with Crippen LogP contribution in [0.1, 0.15) is 31.4 Å². The van der Waals surface area contributed by atoms with Crippen LogP contribution in [0, 0.1) is 0 Å². The van der Waals surface area contributed by atoms with Gasteiger partial charge in [0.15, 0.2) is 0 Å². The van der Waals surface area contributed by atoms with Crippen molar-refractivity contribution in [3.63, 3.8) is 0 Å². The summed E-state index contributed by atoms with van der Waals surface area (Å²) in [6.07, 6.45) is 4.64. The van der Waals surface area contributed by atoms with Gasteiger partial charge in [-0.3, -0.25) is 4.90 Å². The highest BCUT2D eigenvalue weighted by Crippen LogP contribution is 2.26. The molecule has 1 N–H and O–H groups in total. The second kappa shape index (κ2) is 7.16. The van der Waals surface area contributed by atoms with Crippen LogP contribution in [0.2, 0.25) is 0 Å². The van der Waals surface area contributed by atoms with E-state index in [9.17, 15) is 5.11 Å². The molecule has 1 aromatic heterocycles. The molecule has 1 aromatic carbocycles. The Kier molecular flexibility index (Phi) is 5.01. The smallest absolute Gasteiger partial charge is 0.123 e. The van der Waals surface area contributed by atoms with Gasteiger partial charge in [-0.2, -0.15) is 0 Å². The number of nitrogens with zero attached hydrogens (tertiary/aromatic N) is 2. The molecular weight excluding hydrogens is 280 g/mol. The molecule has 21 heavy (non-hydrogen) atoms. The lowest BCUT2D eigenvalue weighted by Gasteiger charge is -2.35. The van der Waals surface area contributed by atoms with Crippen molar-refractivity contribution in [2.24, 2.45) is 0 Å². The van der Waals surface area contributed by atoms with Gasteiger partial charge in [-0.1, -0.05) is 36.8 Å². The molecule has 0 aliphatic carbocycles. The monoisotopic (exact) mass is 302 g/mol. The van der Waals surface area contributed by atoms with Gasteiger partial charge in [-0.25, -0.2) is 4.98 Å². The van der Waals surface area contributed by atoms with Crippen LogP contribution < -0.4 is 0 Å². The maximum Gasteiger partial charge on any atom is 0.123 e. The first-order valence-corrected chi connectivity index (χ1v) is 8.59. The van der Waals surface area contributed by atoms with Gasteiger partial charge < -0.3 is 5.11 Å². The van der Waals surface area contributed by atoms with Crippen molar-refractivity contribution in [3.05, 3.63) is 41.4 Å². The number of aromatic nitrogens is 1. The Hall–Kier alpha value is -1.23. The second-order valence-electron chi connectivity index (χ2n) is 5.64. The van der Waals surface area contributed by atoms with E-state index in [1.54, 1.807) is 11.3 Å². The van der Waals surface area contributed by atoms with Crippen LogP contribution >= 0.6 is 11.3 Å². The third-order valence-corrected chi connectivity index (χ3v) is 5.09. The van der Waals surface area contributed by atoms with Crippen molar-refractivity contribution in [2.75, 3.05) is 13.2 Å². The number of rotatable bonds is 5. The van der Waals surface area contributed by atoms with E-state index >= 15 is 0 Å². The van der Waals surface area contributed by atoms with Crippen LogP contribution in [0.25, 0.3) is 10.6 Å². The third-order valence-electron chi connectivity index (χ3n) is 4.15. The van der Waals surface area contributed by atoms with Crippen LogP contribution in [0.15, 0.2) is 35.7 Å². The Bertz CT molecular complexity index is 553. The molecule has 112 valence electrons. The fourth-order valence-electron chi connectivity index (χ4n) is 3.05. The molecule has 0 saturated carbocycles. The number of benzene rings is 1. The summed E-state index contributed by atoms with van der Waals surface area (Å²) in [6, 6.07) is 10.9. The molecule has 3 nitrogen and oxygen atoms in total. The van der Waals surface area contributed by atoms with Crippen molar-refractivity contribution in [3.8, 4) is 10.6 Å². The van der Waals surface area contributed by atoms with Gasteiger partial charge >= 0.3 is 0 Å². The van der Waals surface area contributed by atoms with E-state index < -0.39 is 0 Å². The largest absolute Gasteiger partial charge is 0.396 e. The van der Waals surface area contributed by atoms with Gasteiger partial charge in [-0.05, 0) is 25.8 Å². The van der Waals surface area contributed by atoms with E-state index in [4.69, 9.17) is 4.98 Å². The molecular formula is C17H22N2OS. The maximum absolute atomic E-state index is 9.21. The molecule has 0 bridgehead atoms. The molecule has 0 spiro atoms. The van der Waals surface area contributed by atoms with Crippen LogP contribution in [0.3, 0.4) is 0 Å². The van der Waals surface area contributed by atoms with Crippen LogP contribution in [-0.4, -0.2) is 34.2 Å². The predicted octanol–water partition coefficient (Wildman–Crippen LogP) is 3.55. The Balaban J connectivity index is 1.69. The topological polar surface area (TPSA) is 36.4 Å². The molecule has 2 heterocycles. The molecule has 1 fully saturated rings. The molecule has 3 rings (SSSR count). The average Bonchev–Trinajstić information content (AvgIpc) is 2.99. The molecule has 2 aromatic rings. The van der Waals surface area contributed by atoms with E-state index in [-0.39, 0.29) is 6.61 Å². The van der Waals surface area contributed by atoms with E-state index in [2.05, 4.69) is 34.5 Å². The van der Waals surface area contributed by atoms with Gasteiger partial charge in [0.25, 0.3) is 0 Å². The molecule has 4 heteroatoms. The third kappa shape index (κ3) is 3.70. The van der Waals surface area contributed by atoms with Crippen LogP contribution in [0.5, 0.6) is 0 Å². The van der Waals surface area contributed by atoms with Gasteiger partial charge in [0, 0.05) is 30.1 Å². The summed E-state index contributed by atoms with van der Waals surface area (Å²) >= 11 is 1.72. The number of hydrogen-bond acceptors (Lipinski definition) is 4. The Morgan fingerprint density at radius 2 is 2.10 bits per heavy atom. The SMILES string of the molecule is OCCC1CCCCN1Cc1csc(-c2ccccc2)n1. The van der Waals surface area contributed by atoms with E-state index in [0.29, 0.717) is 6.04 Å². The quantitative estimate of drug-likeness (QED) is 0.917. The second-order valence-corrected chi connectivity index (χ2v) is 6.50. The minimum absolute atomic E-state index is 0.285. The van der Waals surface area contributed by atoms with Gasteiger partial charge in [0.1, 0.15) is 5.01 Å². The van der Waals surface area contributed by atoms with Crippen molar-refractivity contribution in [1.29, 1.82) is 0 Å². The van der Waals surface area contributed by atoms with Crippen molar-refractivity contribution in [1.82, 2.24) is 9.88 Å². The van der Waals surface area contributed by atoms with E-state index in [1.165, 1.54) is 24.8 Å². The zero-order chi connectivity index (χ0) is 14.5. The number of piperidine rings is 1. The number of aliphatic hydroxyl groups is 1. The number of thiazole rings is 1. The molecule has 1 atom stereocenters. The molecule has 1 aliphatic heterocycles. The lowest BCUT2D eigenvalue weighted by Crippen LogP contribution is -2.39. The van der Waals surface area contributed by atoms with Crippen LogP contribution in [-0.2, 0) is 6.54 Å². The average molecular weight is 302 g/mol. The van der Waals surface area contributed by atoms with Crippen LogP contribution in [0.4, 0.5) is 0 Å². The number of aliphatic hydroxyl groups excluding tert-OH is 1. The molecule has 1 unspecified atom stereocenters. The maximum atomic E-state index is 9.21. The summed E-state index contributed by atoms with van der Waals surface area (Å²) in [5, 5.41) is 12.5. The first-order valence-electron chi connectivity index (χ1n) is 7.71. The molecule has 1 aliphatic rings. The fraction of sp³-hybridized carbons (Fsp3) is 0.471. The van der Waals surface area contributed by atoms with Crippen molar-refractivity contribution in [2.45, 2.75) is 38.3 Å². The molecule has 0 amide bonds. The minimum atomic E-state index is 0.285. The number of likely N-dealkylation sites (tertiary alicyclic amines) is 1. The highest BCUT2D eigenvalue weighted by atomic mass is 32.1. The normalized spacial score (nSPS) is 19.8. The lowest BCUT2D eigenvalue weighted by atomic mass is 9.99. The number of hydrogen-bond donors (Lipinski definition) is 1. The minimum Gasteiger partial charge on any atom is -0.396 e. The van der Waals surface area contributed by atoms with Gasteiger partial charge in [-0.15, -0.1) is 11.3 Å². The summed E-state index contributed by atoms with van der Waals surface area (Å²) in [5.41, 5.74) is 2.35. The predicted molar refractivity (Wildman–Crippen MR) is 87.3 cm³/mol. The lowest BCUT2D eigenvalue weighted by molar-refractivity contribution is 0.111. The summed E-state index contributed by atoms with van der Waals surface area (Å²) in [5.74, 6) is 0. The van der Waals surface area contributed by atoms with Gasteiger partial charge in [0.05, 0.1) is 5.69 Å². The van der Waals surface area contributed by atoms with Gasteiger partial charge in [0.2, 0.25) is 0 Å². The molecule has 0 radical (unpaired) electrons. The highest BCUT2D eigenvalue weighted by Gasteiger charge is 2.22. The first-order chi connectivity index (χ1) is 10.4. The van der Waals surface area contributed by atoms with E-state index in [0.717, 1.165) is 30.2 Å². The standard InChI is InChI=1S/C17H22N2OS/c20-11-9-16-8-4-5-10-19(16)12-15-13-21-17(18-15)14-6-2-1-3-7-14/h1-3,6-7,13,16,20H,4-5,8-12H2. The fourth-order valence-corrected chi connectivity index (χ4v) is 3.86. The van der Waals surface area contributed by atoms with Crippen molar-refractivity contribution >= 4 is 11.3 Å². The van der Waals surface area contributed by atoms with Crippen molar-refractivity contribution < 1.29 is 5.11 Å². The molecule has 1 saturated heterocycles. The Labute approximate surface area is 130 Å². The zero-order valence-electron chi connectivity index (χ0n) is 12.2. The summed E-state index contributed by atoms with van der Waals surface area (Å²) < 4.78 is 0. The zero-order valence-corrected chi connectivity index (χ0v) is 13.1. The summed E-state index contributed by atoms with van der Waals surface area (Å²) in [7, 11) is 0. The first kappa shape index (κ1) is 14.7.